The van der Waals surface area contributed by atoms with Crippen LogP contribution in [0.15, 0.2) is 18.2 Å². The molecule has 2 N–H and O–H groups in total. The molecule has 0 saturated heterocycles. The molecule has 1 aromatic rings. The number of aliphatic carboxylic acids is 1. The highest BCUT2D eigenvalue weighted by atomic mass is 16.6. The fraction of sp³-hybridized carbons (Fsp3) is 0.417. The summed E-state index contributed by atoms with van der Waals surface area (Å²) < 4.78 is 5.00. The average molecular weight is 268 g/mol. The molecule has 1 unspecified atom stereocenters. The highest BCUT2D eigenvalue weighted by Crippen LogP contribution is 2.29. The SMILES string of the molecule is COc1ccc([N+](=O)[O-])c(NCC(C)CC(=O)O)c1. The molecule has 1 rings (SSSR count). The molecule has 0 amide bonds. The van der Waals surface area contributed by atoms with Crippen molar-refractivity contribution in [3.8, 4) is 5.75 Å². The zero-order valence-corrected chi connectivity index (χ0v) is 10.8. The third-order valence-corrected chi connectivity index (χ3v) is 2.56. The number of hydrogen-bond acceptors (Lipinski definition) is 5. The molecule has 0 heterocycles. The first-order valence-electron chi connectivity index (χ1n) is 5.72. The third-order valence-electron chi connectivity index (χ3n) is 2.56. The number of hydrogen-bond donors (Lipinski definition) is 2. The van der Waals surface area contributed by atoms with E-state index in [9.17, 15) is 14.9 Å². The molecule has 7 heteroatoms. The molecular weight excluding hydrogens is 252 g/mol. The van der Waals surface area contributed by atoms with Crippen molar-refractivity contribution in [3.63, 3.8) is 0 Å². The number of carboxylic acid groups (broad SMARTS) is 1. The maximum Gasteiger partial charge on any atom is 0.303 e. The van der Waals surface area contributed by atoms with E-state index in [0.29, 0.717) is 18.0 Å². The molecule has 0 bridgehead atoms. The lowest BCUT2D eigenvalue weighted by Crippen LogP contribution is -2.15. The summed E-state index contributed by atoms with van der Waals surface area (Å²) in [7, 11) is 1.47. The summed E-state index contributed by atoms with van der Waals surface area (Å²) in [4.78, 5) is 20.9. The van der Waals surface area contributed by atoms with Gasteiger partial charge in [0.05, 0.1) is 12.0 Å². The van der Waals surface area contributed by atoms with Gasteiger partial charge in [-0.05, 0) is 12.0 Å². The van der Waals surface area contributed by atoms with E-state index in [0.717, 1.165) is 0 Å². The molecule has 0 aliphatic rings. The van der Waals surface area contributed by atoms with E-state index in [1.807, 2.05) is 0 Å². The maximum atomic E-state index is 10.9. The van der Waals surface area contributed by atoms with Crippen molar-refractivity contribution < 1.29 is 19.6 Å². The van der Waals surface area contributed by atoms with Crippen LogP contribution >= 0.6 is 0 Å². The number of nitro groups is 1. The second-order valence-corrected chi connectivity index (χ2v) is 4.22. The summed E-state index contributed by atoms with van der Waals surface area (Å²) in [6.45, 7) is 2.09. The molecular formula is C12H16N2O5. The Morgan fingerprint density at radius 3 is 2.79 bits per heavy atom. The van der Waals surface area contributed by atoms with Gasteiger partial charge in [-0.3, -0.25) is 14.9 Å². The van der Waals surface area contributed by atoms with E-state index >= 15 is 0 Å². The van der Waals surface area contributed by atoms with Crippen LogP contribution in [-0.2, 0) is 4.79 Å². The zero-order chi connectivity index (χ0) is 14.4. The predicted octanol–water partition coefficient (Wildman–Crippen LogP) is 2.13. The molecule has 0 aromatic heterocycles. The first-order chi connectivity index (χ1) is 8.93. The van der Waals surface area contributed by atoms with Gasteiger partial charge in [-0.25, -0.2) is 0 Å². The quantitative estimate of drug-likeness (QED) is 0.580. The van der Waals surface area contributed by atoms with Gasteiger partial charge in [0.25, 0.3) is 5.69 Å². The number of anilines is 1. The fourth-order valence-corrected chi connectivity index (χ4v) is 1.60. The summed E-state index contributed by atoms with van der Waals surface area (Å²) in [6.07, 6.45) is 0.00473. The van der Waals surface area contributed by atoms with E-state index in [-0.39, 0.29) is 18.0 Å². The van der Waals surface area contributed by atoms with Crippen LogP contribution in [0.3, 0.4) is 0 Å². The molecule has 1 atom stereocenters. The highest BCUT2D eigenvalue weighted by Gasteiger charge is 2.15. The topological polar surface area (TPSA) is 102 Å². The normalized spacial score (nSPS) is 11.7. The van der Waals surface area contributed by atoms with Crippen molar-refractivity contribution in [1.29, 1.82) is 0 Å². The van der Waals surface area contributed by atoms with Gasteiger partial charge in [-0.1, -0.05) is 6.92 Å². The number of carboxylic acids is 1. The van der Waals surface area contributed by atoms with Crippen LogP contribution in [0.5, 0.6) is 5.75 Å². The Balaban J connectivity index is 2.80. The van der Waals surface area contributed by atoms with Crippen LogP contribution in [0.1, 0.15) is 13.3 Å². The van der Waals surface area contributed by atoms with Gasteiger partial charge in [0.1, 0.15) is 11.4 Å². The van der Waals surface area contributed by atoms with E-state index in [1.54, 1.807) is 6.92 Å². The number of rotatable bonds is 7. The number of nitrogens with zero attached hydrogens (tertiary/aromatic N) is 1. The second kappa shape index (κ2) is 6.58. The van der Waals surface area contributed by atoms with Crippen molar-refractivity contribution in [3.05, 3.63) is 28.3 Å². The van der Waals surface area contributed by atoms with Crippen molar-refractivity contribution in [2.24, 2.45) is 5.92 Å². The molecule has 0 saturated carbocycles. The van der Waals surface area contributed by atoms with Crippen LogP contribution in [0.25, 0.3) is 0 Å². The highest BCUT2D eigenvalue weighted by molar-refractivity contribution is 5.67. The largest absolute Gasteiger partial charge is 0.497 e. The summed E-state index contributed by atoms with van der Waals surface area (Å²) in [5.74, 6) is -0.531. The minimum atomic E-state index is -0.894. The van der Waals surface area contributed by atoms with Crippen LogP contribution in [-0.4, -0.2) is 29.7 Å². The van der Waals surface area contributed by atoms with Crippen molar-refractivity contribution >= 4 is 17.3 Å². The van der Waals surface area contributed by atoms with E-state index in [1.165, 1.54) is 25.3 Å². The van der Waals surface area contributed by atoms with Gasteiger partial charge in [0, 0.05) is 25.1 Å². The standard InChI is InChI=1S/C12H16N2O5/c1-8(5-12(15)16)7-13-10-6-9(19-2)3-4-11(10)14(17)18/h3-4,6,8,13H,5,7H2,1-2H3,(H,15,16). The van der Waals surface area contributed by atoms with Crippen molar-refractivity contribution in [2.45, 2.75) is 13.3 Å². The molecule has 0 spiro atoms. The van der Waals surface area contributed by atoms with Gasteiger partial charge in [-0.15, -0.1) is 0 Å². The Bertz CT molecular complexity index is 475. The fourth-order valence-electron chi connectivity index (χ4n) is 1.60. The lowest BCUT2D eigenvalue weighted by Gasteiger charge is -2.12. The number of nitro benzene ring substituents is 1. The average Bonchev–Trinajstić information content (AvgIpc) is 2.34. The Labute approximate surface area is 110 Å². The molecule has 1 aromatic carbocycles. The number of benzene rings is 1. The molecule has 104 valence electrons. The first-order valence-corrected chi connectivity index (χ1v) is 5.72. The van der Waals surface area contributed by atoms with Gasteiger partial charge < -0.3 is 15.2 Å². The Kier molecular flexibility index (Phi) is 5.11. The first kappa shape index (κ1) is 14.7. The molecule has 0 aliphatic carbocycles. The molecule has 0 radical (unpaired) electrons. The second-order valence-electron chi connectivity index (χ2n) is 4.22. The Hall–Kier alpha value is -2.31. The lowest BCUT2D eigenvalue weighted by atomic mass is 10.1. The monoisotopic (exact) mass is 268 g/mol. The van der Waals surface area contributed by atoms with Crippen LogP contribution in [0.2, 0.25) is 0 Å². The lowest BCUT2D eigenvalue weighted by molar-refractivity contribution is -0.384. The Morgan fingerprint density at radius 1 is 1.58 bits per heavy atom. The maximum absolute atomic E-state index is 10.9. The van der Waals surface area contributed by atoms with Gasteiger partial charge in [0.2, 0.25) is 0 Å². The van der Waals surface area contributed by atoms with Crippen LogP contribution < -0.4 is 10.1 Å². The number of nitrogens with one attached hydrogen (secondary N) is 1. The number of methoxy groups -OCH3 is 1. The molecule has 0 aliphatic heterocycles. The molecule has 7 nitrogen and oxygen atoms in total. The zero-order valence-electron chi connectivity index (χ0n) is 10.8. The third kappa shape index (κ3) is 4.46. The van der Waals surface area contributed by atoms with Gasteiger partial charge in [-0.2, -0.15) is 0 Å². The minimum Gasteiger partial charge on any atom is -0.497 e. The summed E-state index contributed by atoms with van der Waals surface area (Å²) in [5, 5.41) is 22.4. The van der Waals surface area contributed by atoms with E-state index in [4.69, 9.17) is 9.84 Å². The minimum absolute atomic E-state index is 0.00473. The predicted molar refractivity (Wildman–Crippen MR) is 69.6 cm³/mol. The van der Waals surface area contributed by atoms with Gasteiger partial charge >= 0.3 is 5.97 Å². The number of ether oxygens (including phenoxy) is 1. The summed E-state index contributed by atoms with van der Waals surface area (Å²) in [6, 6.07) is 4.37. The molecule has 19 heavy (non-hydrogen) atoms. The number of carbonyl (C=O) groups is 1. The van der Waals surface area contributed by atoms with Crippen LogP contribution in [0, 0.1) is 16.0 Å². The Morgan fingerprint density at radius 2 is 2.26 bits per heavy atom. The van der Waals surface area contributed by atoms with Crippen molar-refractivity contribution in [2.75, 3.05) is 19.0 Å². The molecule has 0 fully saturated rings. The van der Waals surface area contributed by atoms with Crippen LogP contribution in [0.4, 0.5) is 11.4 Å². The van der Waals surface area contributed by atoms with E-state index < -0.39 is 10.9 Å². The summed E-state index contributed by atoms with van der Waals surface area (Å²) in [5.41, 5.74) is 0.255. The van der Waals surface area contributed by atoms with Gasteiger partial charge in [0.15, 0.2) is 0 Å². The van der Waals surface area contributed by atoms with Crippen molar-refractivity contribution in [1.82, 2.24) is 0 Å². The summed E-state index contributed by atoms with van der Waals surface area (Å²) >= 11 is 0. The van der Waals surface area contributed by atoms with E-state index in [2.05, 4.69) is 5.32 Å². The smallest absolute Gasteiger partial charge is 0.303 e.